The van der Waals surface area contributed by atoms with Gasteiger partial charge in [0.15, 0.2) is 5.16 Å². The number of hydrogen-bond acceptors (Lipinski definition) is 6. The number of rotatable bonds is 8. The van der Waals surface area contributed by atoms with Crippen LogP contribution in [0.4, 0.5) is 5.82 Å². The van der Waals surface area contributed by atoms with E-state index in [0.29, 0.717) is 22.4 Å². The van der Waals surface area contributed by atoms with Crippen LogP contribution in [0.3, 0.4) is 0 Å². The van der Waals surface area contributed by atoms with Gasteiger partial charge in [-0.05, 0) is 62.9 Å². The zero-order chi connectivity index (χ0) is 22.2. The molecule has 172 valence electrons. The van der Waals surface area contributed by atoms with Gasteiger partial charge in [0.05, 0.1) is 0 Å². The Balaban J connectivity index is 1.26. The van der Waals surface area contributed by atoms with Crippen LogP contribution in [-0.2, 0) is 5.75 Å². The second-order valence-electron chi connectivity index (χ2n) is 8.52. The number of halogens is 1. The molecular formula is C24H32ClN5OS. The molecule has 2 aromatic rings. The fourth-order valence-corrected chi connectivity index (χ4v) is 5.28. The Kier molecular flexibility index (Phi) is 8.65. The third-order valence-electron chi connectivity index (χ3n) is 6.09. The molecular weight excluding hydrogens is 442 g/mol. The highest BCUT2D eigenvalue weighted by molar-refractivity contribution is 7.98. The number of likely N-dealkylation sites (tertiary alicyclic amines) is 1. The standard InChI is InChI=1S/C24H32ClN5OS/c25-21-17-22(30-14-5-2-6-15-30)28-24(27-21)32-18-19-7-9-20(10-8-19)23(31)26-11-16-29-12-3-1-4-13-29/h7-10,17H,1-6,11-16,18H2,(H,26,31). The summed E-state index contributed by atoms with van der Waals surface area (Å²) in [4.78, 5) is 26.2. The van der Waals surface area contributed by atoms with Crippen LogP contribution in [0.5, 0.6) is 0 Å². The van der Waals surface area contributed by atoms with Gasteiger partial charge in [0, 0.05) is 43.6 Å². The monoisotopic (exact) mass is 473 g/mol. The first-order chi connectivity index (χ1) is 15.7. The summed E-state index contributed by atoms with van der Waals surface area (Å²) >= 11 is 7.83. The number of amides is 1. The lowest BCUT2D eigenvalue weighted by molar-refractivity contribution is 0.0946. The number of aromatic nitrogens is 2. The fourth-order valence-electron chi connectivity index (χ4n) is 4.25. The van der Waals surface area contributed by atoms with Crippen molar-refractivity contribution in [3.63, 3.8) is 0 Å². The first kappa shape index (κ1) is 23.3. The Morgan fingerprint density at radius 2 is 1.66 bits per heavy atom. The van der Waals surface area contributed by atoms with E-state index in [0.717, 1.165) is 49.9 Å². The van der Waals surface area contributed by atoms with E-state index in [1.807, 2.05) is 30.3 Å². The van der Waals surface area contributed by atoms with Gasteiger partial charge in [-0.3, -0.25) is 4.79 Å². The fraction of sp³-hybridized carbons (Fsp3) is 0.542. The van der Waals surface area contributed by atoms with Crippen molar-refractivity contribution in [3.05, 3.63) is 46.6 Å². The van der Waals surface area contributed by atoms with Crippen molar-refractivity contribution in [3.8, 4) is 0 Å². The normalized spacial score (nSPS) is 17.3. The second kappa shape index (κ2) is 11.9. The molecule has 0 unspecified atom stereocenters. The number of benzene rings is 1. The molecule has 0 bridgehead atoms. The topological polar surface area (TPSA) is 61.4 Å². The number of piperidine rings is 2. The molecule has 0 radical (unpaired) electrons. The number of carbonyl (C=O) groups is 1. The number of hydrogen-bond donors (Lipinski definition) is 1. The average Bonchev–Trinajstić information content (AvgIpc) is 2.84. The maximum Gasteiger partial charge on any atom is 0.251 e. The van der Waals surface area contributed by atoms with E-state index in [4.69, 9.17) is 16.6 Å². The first-order valence-corrected chi connectivity index (χ1v) is 13.1. The van der Waals surface area contributed by atoms with E-state index < -0.39 is 0 Å². The van der Waals surface area contributed by atoms with E-state index in [-0.39, 0.29) is 5.91 Å². The molecule has 4 rings (SSSR count). The molecule has 0 atom stereocenters. The van der Waals surface area contributed by atoms with Crippen molar-refractivity contribution in [2.45, 2.75) is 49.4 Å². The number of nitrogens with zero attached hydrogens (tertiary/aromatic N) is 4. The number of carbonyl (C=O) groups excluding carboxylic acids is 1. The Bertz CT molecular complexity index is 882. The molecule has 0 aliphatic carbocycles. The van der Waals surface area contributed by atoms with E-state index in [1.54, 1.807) is 11.8 Å². The Morgan fingerprint density at radius 1 is 0.969 bits per heavy atom. The molecule has 2 aliphatic heterocycles. The van der Waals surface area contributed by atoms with Gasteiger partial charge in [0.25, 0.3) is 5.91 Å². The minimum absolute atomic E-state index is 0.00874. The van der Waals surface area contributed by atoms with Crippen LogP contribution in [0.25, 0.3) is 0 Å². The quantitative estimate of drug-likeness (QED) is 0.342. The number of anilines is 1. The summed E-state index contributed by atoms with van der Waals surface area (Å²) in [5.41, 5.74) is 1.83. The maximum absolute atomic E-state index is 12.4. The highest BCUT2D eigenvalue weighted by Crippen LogP contribution is 2.26. The summed E-state index contributed by atoms with van der Waals surface area (Å²) in [7, 11) is 0. The lowest BCUT2D eigenvalue weighted by Gasteiger charge is -2.27. The van der Waals surface area contributed by atoms with Crippen LogP contribution in [0, 0.1) is 0 Å². The smallest absolute Gasteiger partial charge is 0.251 e. The van der Waals surface area contributed by atoms with Crippen LogP contribution in [0.15, 0.2) is 35.5 Å². The summed E-state index contributed by atoms with van der Waals surface area (Å²) in [6.45, 7) is 5.98. The summed E-state index contributed by atoms with van der Waals surface area (Å²) in [6.07, 6.45) is 7.55. The minimum Gasteiger partial charge on any atom is -0.356 e. The van der Waals surface area contributed by atoms with Crippen molar-refractivity contribution in [1.29, 1.82) is 0 Å². The van der Waals surface area contributed by atoms with Gasteiger partial charge in [0.1, 0.15) is 11.0 Å². The predicted octanol–water partition coefficient (Wildman–Crippen LogP) is 4.63. The highest BCUT2D eigenvalue weighted by atomic mass is 35.5. The largest absolute Gasteiger partial charge is 0.356 e. The van der Waals surface area contributed by atoms with Gasteiger partial charge in [-0.25, -0.2) is 9.97 Å². The first-order valence-electron chi connectivity index (χ1n) is 11.7. The molecule has 6 nitrogen and oxygen atoms in total. The SMILES string of the molecule is O=C(NCCN1CCCCC1)c1ccc(CSc2nc(Cl)cc(N3CCCCC3)n2)cc1. The molecule has 1 aromatic carbocycles. The van der Waals surface area contributed by atoms with Crippen molar-refractivity contribution >= 4 is 35.1 Å². The minimum atomic E-state index is -0.00874. The molecule has 2 fully saturated rings. The molecule has 0 spiro atoms. The van der Waals surface area contributed by atoms with Crippen LogP contribution >= 0.6 is 23.4 Å². The average molecular weight is 474 g/mol. The van der Waals surface area contributed by atoms with Crippen LogP contribution in [0.1, 0.15) is 54.4 Å². The predicted molar refractivity (Wildman–Crippen MR) is 132 cm³/mol. The number of thioether (sulfide) groups is 1. The molecule has 0 saturated carbocycles. The van der Waals surface area contributed by atoms with Gasteiger partial charge in [0.2, 0.25) is 0 Å². The molecule has 1 aromatic heterocycles. The zero-order valence-corrected chi connectivity index (χ0v) is 20.1. The van der Waals surface area contributed by atoms with Crippen LogP contribution in [-0.4, -0.2) is 60.0 Å². The summed E-state index contributed by atoms with van der Waals surface area (Å²) < 4.78 is 0. The molecule has 2 aliphatic rings. The van der Waals surface area contributed by atoms with Gasteiger partial charge in [-0.2, -0.15) is 0 Å². The van der Waals surface area contributed by atoms with Gasteiger partial charge in [-0.15, -0.1) is 0 Å². The van der Waals surface area contributed by atoms with Crippen molar-refractivity contribution in [1.82, 2.24) is 20.2 Å². The van der Waals surface area contributed by atoms with Gasteiger partial charge >= 0.3 is 0 Å². The summed E-state index contributed by atoms with van der Waals surface area (Å²) in [6, 6.07) is 9.65. The Labute approximate surface area is 200 Å². The van der Waals surface area contributed by atoms with Crippen molar-refractivity contribution < 1.29 is 4.79 Å². The maximum atomic E-state index is 12.4. The summed E-state index contributed by atoms with van der Waals surface area (Å²) in [5, 5.41) is 4.22. The molecule has 2 saturated heterocycles. The number of nitrogens with one attached hydrogen (secondary N) is 1. The van der Waals surface area contributed by atoms with E-state index in [9.17, 15) is 4.79 Å². The summed E-state index contributed by atoms with van der Waals surface area (Å²) in [5.74, 6) is 1.64. The Morgan fingerprint density at radius 3 is 2.38 bits per heavy atom. The lowest BCUT2D eigenvalue weighted by atomic mass is 10.1. The molecule has 32 heavy (non-hydrogen) atoms. The highest BCUT2D eigenvalue weighted by Gasteiger charge is 2.15. The Hall–Kier alpha value is -1.83. The molecule has 1 N–H and O–H groups in total. The third kappa shape index (κ3) is 6.83. The van der Waals surface area contributed by atoms with Gasteiger partial charge < -0.3 is 15.1 Å². The second-order valence-corrected chi connectivity index (χ2v) is 9.85. The van der Waals surface area contributed by atoms with Crippen molar-refractivity contribution in [2.24, 2.45) is 0 Å². The molecule has 8 heteroatoms. The lowest BCUT2D eigenvalue weighted by Crippen LogP contribution is -2.37. The van der Waals surface area contributed by atoms with E-state index >= 15 is 0 Å². The zero-order valence-electron chi connectivity index (χ0n) is 18.6. The third-order valence-corrected chi connectivity index (χ3v) is 7.20. The van der Waals surface area contributed by atoms with Gasteiger partial charge in [-0.1, -0.05) is 41.9 Å². The van der Waals surface area contributed by atoms with E-state index in [2.05, 4.69) is 20.1 Å². The van der Waals surface area contributed by atoms with Crippen LogP contribution < -0.4 is 10.2 Å². The molecule has 1 amide bonds. The van der Waals surface area contributed by atoms with Crippen LogP contribution in [0.2, 0.25) is 5.15 Å². The molecule has 3 heterocycles. The van der Waals surface area contributed by atoms with Crippen molar-refractivity contribution in [2.75, 3.05) is 44.2 Å². The van der Waals surface area contributed by atoms with E-state index in [1.165, 1.54) is 38.5 Å².